The SMILES string of the molecule is COc1ccc2oc(C(=O)N3CCC[C@H](Oc4nccnc4C#N)C3)cc2c1. The Morgan fingerprint density at radius 1 is 1.32 bits per heavy atom. The summed E-state index contributed by atoms with van der Waals surface area (Å²) in [5.74, 6) is 0.986. The standard InChI is InChI=1S/C20H18N4O4/c1-26-14-4-5-17-13(9-14)10-18(28-17)20(25)24-8-2-3-15(12-24)27-19-16(11-21)22-6-7-23-19/h4-7,9-10,15H,2-3,8,12H2,1H3/t15-/m0/s1. The molecule has 1 aromatic carbocycles. The van der Waals surface area contributed by atoms with Crippen LogP contribution in [0, 0.1) is 11.3 Å². The number of likely N-dealkylation sites (tertiary alicyclic amines) is 1. The van der Waals surface area contributed by atoms with Crippen molar-refractivity contribution in [2.24, 2.45) is 0 Å². The van der Waals surface area contributed by atoms with Gasteiger partial charge in [-0.25, -0.2) is 9.97 Å². The van der Waals surface area contributed by atoms with Crippen LogP contribution in [0.4, 0.5) is 0 Å². The molecule has 0 saturated carbocycles. The van der Waals surface area contributed by atoms with Gasteiger partial charge in [0.1, 0.15) is 23.5 Å². The van der Waals surface area contributed by atoms with Crippen LogP contribution in [0.3, 0.4) is 0 Å². The van der Waals surface area contributed by atoms with Gasteiger partial charge >= 0.3 is 0 Å². The molecule has 0 bridgehead atoms. The lowest BCUT2D eigenvalue weighted by molar-refractivity contribution is 0.0501. The highest BCUT2D eigenvalue weighted by molar-refractivity contribution is 5.96. The van der Waals surface area contributed by atoms with Crippen molar-refractivity contribution in [3.63, 3.8) is 0 Å². The molecule has 0 unspecified atom stereocenters. The number of ether oxygens (including phenoxy) is 2. The number of nitrogens with zero attached hydrogens (tertiary/aromatic N) is 4. The molecule has 1 fully saturated rings. The van der Waals surface area contributed by atoms with Crippen LogP contribution in [0.5, 0.6) is 11.6 Å². The number of carbonyl (C=O) groups is 1. The molecule has 142 valence electrons. The van der Waals surface area contributed by atoms with Crippen molar-refractivity contribution in [3.05, 3.63) is 48.1 Å². The van der Waals surface area contributed by atoms with E-state index in [4.69, 9.17) is 19.2 Å². The van der Waals surface area contributed by atoms with Gasteiger partial charge in [-0.2, -0.15) is 5.26 Å². The lowest BCUT2D eigenvalue weighted by Crippen LogP contribution is -2.44. The number of rotatable bonds is 4. The van der Waals surface area contributed by atoms with Crippen molar-refractivity contribution >= 4 is 16.9 Å². The number of fused-ring (bicyclic) bond motifs is 1. The second-order valence-corrected chi connectivity index (χ2v) is 6.47. The maximum Gasteiger partial charge on any atom is 0.289 e. The van der Waals surface area contributed by atoms with Gasteiger partial charge in [0, 0.05) is 24.3 Å². The highest BCUT2D eigenvalue weighted by Gasteiger charge is 2.28. The highest BCUT2D eigenvalue weighted by atomic mass is 16.5. The summed E-state index contributed by atoms with van der Waals surface area (Å²) in [6.45, 7) is 1.01. The molecule has 1 atom stereocenters. The molecular formula is C20H18N4O4. The molecule has 1 amide bonds. The van der Waals surface area contributed by atoms with Gasteiger partial charge in [0.15, 0.2) is 5.76 Å². The molecule has 0 N–H and O–H groups in total. The van der Waals surface area contributed by atoms with Gasteiger partial charge < -0.3 is 18.8 Å². The predicted molar refractivity (Wildman–Crippen MR) is 99.1 cm³/mol. The third kappa shape index (κ3) is 3.47. The van der Waals surface area contributed by atoms with Gasteiger partial charge in [-0.3, -0.25) is 4.79 Å². The first kappa shape index (κ1) is 17.8. The molecular weight excluding hydrogens is 360 g/mol. The Balaban J connectivity index is 1.49. The minimum Gasteiger partial charge on any atom is -0.497 e. The fraction of sp³-hybridized carbons (Fsp3) is 0.300. The summed E-state index contributed by atoms with van der Waals surface area (Å²) in [5, 5.41) is 9.94. The van der Waals surface area contributed by atoms with Crippen LogP contribution in [-0.2, 0) is 0 Å². The van der Waals surface area contributed by atoms with Crippen molar-refractivity contribution in [3.8, 4) is 17.7 Å². The van der Waals surface area contributed by atoms with E-state index in [1.807, 2.05) is 12.1 Å². The van der Waals surface area contributed by atoms with Gasteiger partial charge in [0.05, 0.1) is 13.7 Å². The van der Waals surface area contributed by atoms with Crippen molar-refractivity contribution in [2.45, 2.75) is 18.9 Å². The molecule has 28 heavy (non-hydrogen) atoms. The van der Waals surface area contributed by atoms with Crippen molar-refractivity contribution in [1.82, 2.24) is 14.9 Å². The number of furan rings is 1. The topological polar surface area (TPSA) is 101 Å². The van der Waals surface area contributed by atoms with E-state index in [0.717, 1.165) is 18.2 Å². The molecule has 0 radical (unpaired) electrons. The summed E-state index contributed by atoms with van der Waals surface area (Å²) >= 11 is 0. The van der Waals surface area contributed by atoms with Crippen LogP contribution in [0.2, 0.25) is 0 Å². The molecule has 3 heterocycles. The fourth-order valence-corrected chi connectivity index (χ4v) is 3.27. The molecule has 8 nitrogen and oxygen atoms in total. The molecule has 8 heteroatoms. The smallest absolute Gasteiger partial charge is 0.289 e. The molecule has 0 aliphatic carbocycles. The van der Waals surface area contributed by atoms with E-state index in [1.54, 1.807) is 30.2 Å². The zero-order chi connectivity index (χ0) is 19.5. The Hall–Kier alpha value is -3.60. The van der Waals surface area contributed by atoms with E-state index in [1.165, 1.54) is 12.4 Å². The first-order valence-corrected chi connectivity index (χ1v) is 8.92. The number of hydrogen-bond acceptors (Lipinski definition) is 7. The minimum absolute atomic E-state index is 0.136. The average Bonchev–Trinajstić information content (AvgIpc) is 3.17. The third-order valence-electron chi connectivity index (χ3n) is 4.65. The first-order chi connectivity index (χ1) is 13.7. The molecule has 0 spiro atoms. The van der Waals surface area contributed by atoms with Gasteiger partial charge in [0.2, 0.25) is 5.69 Å². The lowest BCUT2D eigenvalue weighted by Gasteiger charge is -2.32. The number of hydrogen-bond donors (Lipinski definition) is 0. The third-order valence-corrected chi connectivity index (χ3v) is 4.65. The monoisotopic (exact) mass is 378 g/mol. The molecule has 1 saturated heterocycles. The second-order valence-electron chi connectivity index (χ2n) is 6.47. The van der Waals surface area contributed by atoms with Crippen LogP contribution in [0.25, 0.3) is 11.0 Å². The highest BCUT2D eigenvalue weighted by Crippen LogP contribution is 2.26. The number of amides is 1. The molecule has 4 rings (SSSR count). The van der Waals surface area contributed by atoms with Gasteiger partial charge in [0.25, 0.3) is 11.8 Å². The molecule has 2 aromatic heterocycles. The van der Waals surface area contributed by atoms with Gasteiger partial charge in [-0.1, -0.05) is 0 Å². The van der Waals surface area contributed by atoms with E-state index in [2.05, 4.69) is 9.97 Å². The van der Waals surface area contributed by atoms with Crippen LogP contribution in [-0.4, -0.2) is 47.1 Å². The summed E-state index contributed by atoms with van der Waals surface area (Å²) in [5.41, 5.74) is 0.768. The Morgan fingerprint density at radius 2 is 2.18 bits per heavy atom. The van der Waals surface area contributed by atoms with E-state index in [9.17, 15) is 4.79 Å². The van der Waals surface area contributed by atoms with Crippen LogP contribution >= 0.6 is 0 Å². The summed E-state index contributed by atoms with van der Waals surface area (Å²) in [6.07, 6.45) is 4.21. The zero-order valence-corrected chi connectivity index (χ0v) is 15.3. The number of piperidine rings is 1. The van der Waals surface area contributed by atoms with E-state index >= 15 is 0 Å². The quantitative estimate of drug-likeness (QED) is 0.688. The van der Waals surface area contributed by atoms with Gasteiger partial charge in [-0.15, -0.1) is 0 Å². The van der Waals surface area contributed by atoms with Crippen molar-refractivity contribution in [2.75, 3.05) is 20.2 Å². The van der Waals surface area contributed by atoms with Crippen LogP contribution in [0.15, 0.2) is 41.1 Å². The van der Waals surface area contributed by atoms with E-state index in [0.29, 0.717) is 24.4 Å². The van der Waals surface area contributed by atoms with Crippen molar-refractivity contribution in [1.29, 1.82) is 5.26 Å². The number of nitriles is 1. The average molecular weight is 378 g/mol. The second kappa shape index (κ2) is 7.56. The number of methoxy groups -OCH3 is 1. The normalized spacial score (nSPS) is 16.6. The number of benzene rings is 1. The van der Waals surface area contributed by atoms with Crippen LogP contribution in [0.1, 0.15) is 29.1 Å². The summed E-state index contributed by atoms with van der Waals surface area (Å²) in [6, 6.07) is 9.09. The van der Waals surface area contributed by atoms with Crippen LogP contribution < -0.4 is 9.47 Å². The Labute approximate surface area is 161 Å². The van der Waals surface area contributed by atoms with Gasteiger partial charge in [-0.05, 0) is 37.1 Å². The van der Waals surface area contributed by atoms with E-state index < -0.39 is 0 Å². The maximum atomic E-state index is 12.9. The minimum atomic E-state index is -0.258. The Kier molecular flexibility index (Phi) is 4.81. The molecule has 1 aliphatic rings. The summed E-state index contributed by atoms with van der Waals surface area (Å²) in [7, 11) is 1.59. The summed E-state index contributed by atoms with van der Waals surface area (Å²) < 4.78 is 16.8. The number of carbonyl (C=O) groups excluding carboxylic acids is 1. The Morgan fingerprint density at radius 3 is 3.00 bits per heavy atom. The van der Waals surface area contributed by atoms with E-state index in [-0.39, 0.29) is 29.3 Å². The maximum absolute atomic E-state index is 12.9. The predicted octanol–water partition coefficient (Wildman–Crippen LogP) is 2.79. The molecule has 1 aliphatic heterocycles. The fourth-order valence-electron chi connectivity index (χ4n) is 3.27. The lowest BCUT2D eigenvalue weighted by atomic mass is 10.1. The van der Waals surface area contributed by atoms with Crippen molar-refractivity contribution < 1.29 is 18.7 Å². The largest absolute Gasteiger partial charge is 0.497 e. The summed E-state index contributed by atoms with van der Waals surface area (Å²) in [4.78, 5) is 22.6. The number of aromatic nitrogens is 2. The first-order valence-electron chi connectivity index (χ1n) is 8.92. The zero-order valence-electron chi connectivity index (χ0n) is 15.3. The molecule has 3 aromatic rings. The Bertz CT molecular complexity index is 1060.